The van der Waals surface area contributed by atoms with Crippen LogP contribution in [0.3, 0.4) is 0 Å². The molecule has 106 valence electrons. The van der Waals surface area contributed by atoms with E-state index in [0.29, 0.717) is 16.9 Å². The van der Waals surface area contributed by atoms with Crippen molar-refractivity contribution in [2.75, 3.05) is 7.11 Å². The summed E-state index contributed by atoms with van der Waals surface area (Å²) in [6.45, 7) is 1.76. The molecule has 0 aliphatic rings. The zero-order chi connectivity index (χ0) is 15.0. The quantitative estimate of drug-likeness (QED) is 0.742. The fourth-order valence-electron chi connectivity index (χ4n) is 2.44. The molecule has 3 rings (SSSR count). The SMILES string of the molecule is COc1ccc2[nH]cc(C(=O)c3cc(C)cc(F)c3)c2c1. The second-order valence-electron chi connectivity index (χ2n) is 4.96. The van der Waals surface area contributed by atoms with Crippen LogP contribution in [0.2, 0.25) is 0 Å². The van der Waals surface area contributed by atoms with Crippen LogP contribution in [0.15, 0.2) is 42.6 Å². The van der Waals surface area contributed by atoms with Gasteiger partial charge in [0.15, 0.2) is 5.78 Å². The number of carbonyl (C=O) groups is 1. The van der Waals surface area contributed by atoms with E-state index in [4.69, 9.17) is 4.74 Å². The first-order chi connectivity index (χ1) is 10.1. The standard InChI is InChI=1S/C17H14FNO2/c1-10-5-11(7-12(18)6-10)17(20)15-9-19-16-4-3-13(21-2)8-14(15)16/h3-9,19H,1-2H3. The first-order valence-electron chi connectivity index (χ1n) is 6.55. The molecule has 0 fully saturated rings. The highest BCUT2D eigenvalue weighted by Gasteiger charge is 2.15. The Hall–Kier alpha value is -2.62. The van der Waals surface area contributed by atoms with Crippen molar-refractivity contribution in [3.05, 3.63) is 65.1 Å². The lowest BCUT2D eigenvalue weighted by molar-refractivity contribution is 0.104. The van der Waals surface area contributed by atoms with E-state index in [9.17, 15) is 9.18 Å². The lowest BCUT2D eigenvalue weighted by atomic mass is 10.0. The molecule has 1 N–H and O–H groups in total. The third-order valence-corrected chi connectivity index (χ3v) is 3.44. The van der Waals surface area contributed by atoms with Gasteiger partial charge in [-0.1, -0.05) is 0 Å². The van der Waals surface area contributed by atoms with Crippen LogP contribution in [0, 0.1) is 12.7 Å². The molecule has 1 aromatic heterocycles. The number of aromatic amines is 1. The second-order valence-corrected chi connectivity index (χ2v) is 4.96. The predicted molar refractivity (Wildman–Crippen MR) is 79.4 cm³/mol. The summed E-state index contributed by atoms with van der Waals surface area (Å²) in [7, 11) is 1.57. The van der Waals surface area contributed by atoms with Crippen LogP contribution in [-0.4, -0.2) is 17.9 Å². The highest BCUT2D eigenvalue weighted by molar-refractivity contribution is 6.16. The van der Waals surface area contributed by atoms with E-state index < -0.39 is 5.82 Å². The van der Waals surface area contributed by atoms with Crippen molar-refractivity contribution in [1.82, 2.24) is 4.98 Å². The monoisotopic (exact) mass is 283 g/mol. The molecule has 0 aliphatic carbocycles. The molecule has 0 unspecified atom stereocenters. The van der Waals surface area contributed by atoms with Crippen molar-refractivity contribution < 1.29 is 13.9 Å². The summed E-state index contributed by atoms with van der Waals surface area (Å²) in [5, 5.41) is 0.765. The molecule has 0 saturated heterocycles. The minimum absolute atomic E-state index is 0.211. The molecule has 4 heteroatoms. The lowest BCUT2D eigenvalue weighted by Gasteiger charge is -2.03. The second kappa shape index (κ2) is 5.05. The predicted octanol–water partition coefficient (Wildman–Crippen LogP) is 3.86. The van der Waals surface area contributed by atoms with E-state index >= 15 is 0 Å². The summed E-state index contributed by atoms with van der Waals surface area (Å²) in [5.41, 5.74) is 2.41. The van der Waals surface area contributed by atoms with Gasteiger partial charge in [0, 0.05) is 28.2 Å². The fourth-order valence-corrected chi connectivity index (χ4v) is 2.44. The molecule has 21 heavy (non-hydrogen) atoms. The molecule has 3 aromatic rings. The number of ether oxygens (including phenoxy) is 1. The van der Waals surface area contributed by atoms with Gasteiger partial charge in [-0.2, -0.15) is 0 Å². The number of rotatable bonds is 3. The van der Waals surface area contributed by atoms with E-state index in [1.54, 1.807) is 32.4 Å². The third-order valence-electron chi connectivity index (χ3n) is 3.44. The number of aromatic nitrogens is 1. The highest BCUT2D eigenvalue weighted by atomic mass is 19.1. The highest BCUT2D eigenvalue weighted by Crippen LogP contribution is 2.26. The molecule has 0 saturated carbocycles. The Morgan fingerprint density at radius 2 is 2.00 bits per heavy atom. The Morgan fingerprint density at radius 3 is 2.71 bits per heavy atom. The van der Waals surface area contributed by atoms with Gasteiger partial charge in [0.25, 0.3) is 0 Å². The van der Waals surface area contributed by atoms with Crippen molar-refractivity contribution in [2.45, 2.75) is 6.92 Å². The van der Waals surface area contributed by atoms with E-state index in [1.165, 1.54) is 12.1 Å². The molecule has 0 aliphatic heterocycles. The lowest BCUT2D eigenvalue weighted by Crippen LogP contribution is -2.01. The molecular weight excluding hydrogens is 269 g/mol. The van der Waals surface area contributed by atoms with Crippen molar-refractivity contribution >= 4 is 16.7 Å². The largest absolute Gasteiger partial charge is 0.497 e. The van der Waals surface area contributed by atoms with Crippen molar-refractivity contribution in [3.63, 3.8) is 0 Å². The molecule has 0 radical (unpaired) electrons. The minimum atomic E-state index is -0.407. The molecule has 1 heterocycles. The average Bonchev–Trinajstić information content (AvgIpc) is 2.88. The van der Waals surface area contributed by atoms with Crippen LogP contribution < -0.4 is 4.74 Å². The minimum Gasteiger partial charge on any atom is -0.497 e. The van der Waals surface area contributed by atoms with Gasteiger partial charge in [0.1, 0.15) is 11.6 Å². The number of ketones is 1. The average molecular weight is 283 g/mol. The Bertz CT molecular complexity index is 816. The summed E-state index contributed by atoms with van der Waals surface area (Å²) in [4.78, 5) is 15.6. The van der Waals surface area contributed by atoms with Crippen molar-refractivity contribution in [3.8, 4) is 5.75 Å². The number of aryl methyl sites for hydroxylation is 1. The van der Waals surface area contributed by atoms with Crippen LogP contribution >= 0.6 is 0 Å². The van der Waals surface area contributed by atoms with Crippen molar-refractivity contribution in [2.24, 2.45) is 0 Å². The summed E-state index contributed by atoms with van der Waals surface area (Å²) >= 11 is 0. The van der Waals surface area contributed by atoms with Crippen LogP contribution in [0.25, 0.3) is 10.9 Å². The Morgan fingerprint density at radius 1 is 1.19 bits per heavy atom. The van der Waals surface area contributed by atoms with Crippen LogP contribution in [0.4, 0.5) is 4.39 Å². The van der Waals surface area contributed by atoms with Crippen LogP contribution in [-0.2, 0) is 0 Å². The zero-order valence-corrected chi connectivity index (χ0v) is 11.7. The Labute approximate surface area is 121 Å². The van der Waals surface area contributed by atoms with Crippen molar-refractivity contribution in [1.29, 1.82) is 0 Å². The number of halogens is 1. The Balaban J connectivity index is 2.13. The van der Waals surface area contributed by atoms with Gasteiger partial charge in [0.2, 0.25) is 0 Å². The zero-order valence-electron chi connectivity index (χ0n) is 11.7. The number of hydrogen-bond donors (Lipinski definition) is 1. The van der Waals surface area contributed by atoms with Gasteiger partial charge in [-0.15, -0.1) is 0 Å². The third kappa shape index (κ3) is 2.40. The number of benzene rings is 2. The number of H-pyrrole nitrogens is 1. The summed E-state index contributed by atoms with van der Waals surface area (Å²) < 4.78 is 18.7. The maximum absolute atomic E-state index is 13.5. The van der Waals surface area contributed by atoms with Gasteiger partial charge in [-0.25, -0.2) is 4.39 Å². The van der Waals surface area contributed by atoms with Gasteiger partial charge in [-0.3, -0.25) is 4.79 Å². The van der Waals surface area contributed by atoms with E-state index in [2.05, 4.69) is 4.98 Å². The number of hydrogen-bond acceptors (Lipinski definition) is 2. The number of nitrogens with one attached hydrogen (secondary N) is 1. The summed E-state index contributed by atoms with van der Waals surface area (Å²) in [6, 6.07) is 9.81. The molecule has 0 bridgehead atoms. The molecule has 3 nitrogen and oxygen atoms in total. The van der Waals surface area contributed by atoms with Gasteiger partial charge < -0.3 is 9.72 Å². The van der Waals surface area contributed by atoms with Gasteiger partial charge >= 0.3 is 0 Å². The smallest absolute Gasteiger partial charge is 0.195 e. The van der Waals surface area contributed by atoms with Gasteiger partial charge in [-0.05, 0) is 48.9 Å². The summed E-state index contributed by atoms with van der Waals surface area (Å²) in [6.07, 6.45) is 1.65. The van der Waals surface area contributed by atoms with E-state index in [0.717, 1.165) is 16.5 Å². The van der Waals surface area contributed by atoms with Crippen LogP contribution in [0.1, 0.15) is 21.5 Å². The van der Waals surface area contributed by atoms with E-state index in [1.807, 2.05) is 12.1 Å². The topological polar surface area (TPSA) is 42.1 Å². The molecule has 0 amide bonds. The number of carbonyl (C=O) groups excluding carboxylic acids is 1. The Kier molecular flexibility index (Phi) is 3.22. The number of methoxy groups -OCH3 is 1. The molecule has 2 aromatic carbocycles. The molecule has 0 spiro atoms. The fraction of sp³-hybridized carbons (Fsp3) is 0.118. The first-order valence-corrected chi connectivity index (χ1v) is 6.55. The molecular formula is C17H14FNO2. The van der Waals surface area contributed by atoms with Gasteiger partial charge in [0.05, 0.1) is 7.11 Å². The first kappa shape index (κ1) is 13.4. The maximum atomic E-state index is 13.5. The summed E-state index contributed by atoms with van der Waals surface area (Å²) in [5.74, 6) is 0.0550. The number of fused-ring (bicyclic) bond motifs is 1. The van der Waals surface area contributed by atoms with Crippen LogP contribution in [0.5, 0.6) is 5.75 Å². The van der Waals surface area contributed by atoms with E-state index in [-0.39, 0.29) is 5.78 Å². The normalized spacial score (nSPS) is 10.8. The maximum Gasteiger partial charge on any atom is 0.195 e. The molecule has 0 atom stereocenters.